The lowest BCUT2D eigenvalue weighted by Gasteiger charge is -2.34. The molecule has 94 valence electrons. The zero-order chi connectivity index (χ0) is 11.8. The first kappa shape index (κ1) is 13.8. The van der Waals surface area contributed by atoms with Crippen molar-refractivity contribution in [2.75, 3.05) is 38.6 Å². The predicted octanol–water partition coefficient (Wildman–Crippen LogP) is 1.95. The molecule has 1 rings (SSSR count). The molecule has 16 heavy (non-hydrogen) atoms. The third kappa shape index (κ3) is 4.71. The standard InChI is InChI=1S/C12H23ClN2O/c1-2-7-14-8-10-15(11-9-14)12(16)5-3-4-6-13/h2-11H2,1H3. The van der Waals surface area contributed by atoms with Crippen LogP contribution in [0.3, 0.4) is 0 Å². The number of unbranched alkanes of at least 4 members (excludes halogenated alkanes) is 1. The van der Waals surface area contributed by atoms with Gasteiger partial charge in [0.05, 0.1) is 0 Å². The molecule has 1 saturated heterocycles. The van der Waals surface area contributed by atoms with Gasteiger partial charge in [0.25, 0.3) is 0 Å². The minimum Gasteiger partial charge on any atom is -0.340 e. The number of halogens is 1. The molecule has 1 amide bonds. The van der Waals surface area contributed by atoms with Gasteiger partial charge in [-0.1, -0.05) is 6.92 Å². The molecule has 0 bridgehead atoms. The summed E-state index contributed by atoms with van der Waals surface area (Å²) in [7, 11) is 0. The summed E-state index contributed by atoms with van der Waals surface area (Å²) >= 11 is 5.59. The van der Waals surface area contributed by atoms with Crippen LogP contribution in [0.5, 0.6) is 0 Å². The number of hydrogen-bond donors (Lipinski definition) is 0. The van der Waals surface area contributed by atoms with E-state index in [1.54, 1.807) is 0 Å². The molecule has 1 heterocycles. The van der Waals surface area contributed by atoms with Crippen LogP contribution in [0.25, 0.3) is 0 Å². The van der Waals surface area contributed by atoms with E-state index in [1.165, 1.54) is 6.42 Å². The second kappa shape index (κ2) is 7.91. The number of carbonyl (C=O) groups is 1. The third-order valence-corrected chi connectivity index (χ3v) is 3.31. The fourth-order valence-corrected chi connectivity index (χ4v) is 2.25. The maximum absolute atomic E-state index is 11.8. The van der Waals surface area contributed by atoms with Crippen LogP contribution in [0, 0.1) is 0 Å². The Morgan fingerprint density at radius 1 is 1.19 bits per heavy atom. The maximum Gasteiger partial charge on any atom is 0.222 e. The maximum atomic E-state index is 11.8. The zero-order valence-electron chi connectivity index (χ0n) is 10.3. The zero-order valence-corrected chi connectivity index (χ0v) is 11.0. The summed E-state index contributed by atoms with van der Waals surface area (Å²) in [5, 5.41) is 0. The second-order valence-corrected chi connectivity index (χ2v) is 4.75. The lowest BCUT2D eigenvalue weighted by molar-refractivity contribution is -0.133. The van der Waals surface area contributed by atoms with Gasteiger partial charge in [0.2, 0.25) is 5.91 Å². The molecule has 1 aliphatic heterocycles. The molecule has 0 spiro atoms. The van der Waals surface area contributed by atoms with E-state index in [2.05, 4.69) is 11.8 Å². The summed E-state index contributed by atoms with van der Waals surface area (Å²) in [6.45, 7) is 7.24. The van der Waals surface area contributed by atoms with E-state index in [1.807, 2.05) is 4.90 Å². The Hall–Kier alpha value is -0.280. The number of alkyl halides is 1. The van der Waals surface area contributed by atoms with Gasteiger partial charge in [-0.3, -0.25) is 9.69 Å². The highest BCUT2D eigenvalue weighted by molar-refractivity contribution is 6.17. The predicted molar refractivity (Wildman–Crippen MR) is 67.9 cm³/mol. The van der Waals surface area contributed by atoms with E-state index < -0.39 is 0 Å². The van der Waals surface area contributed by atoms with Crippen LogP contribution in [0.1, 0.15) is 32.6 Å². The molecule has 0 unspecified atom stereocenters. The van der Waals surface area contributed by atoms with Gasteiger partial charge in [0, 0.05) is 38.5 Å². The van der Waals surface area contributed by atoms with Crippen LogP contribution in [0.4, 0.5) is 0 Å². The van der Waals surface area contributed by atoms with Crippen molar-refractivity contribution < 1.29 is 4.79 Å². The van der Waals surface area contributed by atoms with Crippen LogP contribution in [-0.2, 0) is 4.79 Å². The van der Waals surface area contributed by atoms with Crippen LogP contribution >= 0.6 is 11.6 Å². The first-order valence-corrected chi connectivity index (χ1v) is 6.87. The molecule has 0 aromatic rings. The smallest absolute Gasteiger partial charge is 0.222 e. The first-order chi connectivity index (χ1) is 7.77. The number of carbonyl (C=O) groups excluding carboxylic acids is 1. The van der Waals surface area contributed by atoms with Gasteiger partial charge < -0.3 is 4.90 Å². The Bertz CT molecular complexity index is 203. The van der Waals surface area contributed by atoms with E-state index in [0.29, 0.717) is 18.2 Å². The van der Waals surface area contributed by atoms with E-state index in [4.69, 9.17) is 11.6 Å². The molecule has 3 nitrogen and oxygen atoms in total. The summed E-state index contributed by atoms with van der Waals surface area (Å²) in [5.41, 5.74) is 0. The average molecular weight is 247 g/mol. The molecular formula is C12H23ClN2O. The highest BCUT2D eigenvalue weighted by Gasteiger charge is 2.19. The van der Waals surface area contributed by atoms with E-state index in [-0.39, 0.29) is 0 Å². The third-order valence-electron chi connectivity index (χ3n) is 3.04. The SMILES string of the molecule is CCCN1CCN(C(=O)CCCCCl)CC1. The average Bonchev–Trinajstić information content (AvgIpc) is 2.30. The number of nitrogens with zero attached hydrogens (tertiary/aromatic N) is 2. The van der Waals surface area contributed by atoms with Gasteiger partial charge in [-0.2, -0.15) is 0 Å². The van der Waals surface area contributed by atoms with Crippen molar-refractivity contribution in [1.82, 2.24) is 9.80 Å². The number of piperazine rings is 1. The summed E-state index contributed by atoms with van der Waals surface area (Å²) in [6.07, 6.45) is 3.74. The van der Waals surface area contributed by atoms with E-state index in [9.17, 15) is 4.79 Å². The van der Waals surface area contributed by atoms with E-state index >= 15 is 0 Å². The van der Waals surface area contributed by atoms with Gasteiger partial charge in [-0.05, 0) is 25.8 Å². The largest absolute Gasteiger partial charge is 0.340 e. The van der Waals surface area contributed by atoms with Gasteiger partial charge in [-0.15, -0.1) is 11.6 Å². The molecule has 0 aromatic carbocycles. The quantitative estimate of drug-likeness (QED) is 0.528. The Kier molecular flexibility index (Phi) is 6.81. The van der Waals surface area contributed by atoms with Crippen LogP contribution in [0.15, 0.2) is 0 Å². The van der Waals surface area contributed by atoms with Crippen molar-refractivity contribution in [3.05, 3.63) is 0 Å². The number of amides is 1. The van der Waals surface area contributed by atoms with Crippen molar-refractivity contribution in [2.45, 2.75) is 32.6 Å². The Morgan fingerprint density at radius 3 is 2.44 bits per heavy atom. The summed E-state index contributed by atoms with van der Waals surface area (Å²) in [4.78, 5) is 16.2. The van der Waals surface area contributed by atoms with Crippen molar-refractivity contribution in [1.29, 1.82) is 0 Å². The molecule has 4 heteroatoms. The molecule has 0 aromatic heterocycles. The van der Waals surface area contributed by atoms with E-state index in [0.717, 1.165) is 45.6 Å². The molecule has 1 aliphatic rings. The van der Waals surface area contributed by atoms with Crippen molar-refractivity contribution in [3.63, 3.8) is 0 Å². The van der Waals surface area contributed by atoms with Gasteiger partial charge in [0.1, 0.15) is 0 Å². The molecule has 1 fully saturated rings. The first-order valence-electron chi connectivity index (χ1n) is 6.34. The fraction of sp³-hybridized carbons (Fsp3) is 0.917. The van der Waals surface area contributed by atoms with Gasteiger partial charge in [-0.25, -0.2) is 0 Å². The highest BCUT2D eigenvalue weighted by atomic mass is 35.5. The van der Waals surface area contributed by atoms with Crippen LogP contribution < -0.4 is 0 Å². The normalized spacial score (nSPS) is 17.8. The van der Waals surface area contributed by atoms with Gasteiger partial charge >= 0.3 is 0 Å². The molecular weight excluding hydrogens is 224 g/mol. The summed E-state index contributed by atoms with van der Waals surface area (Å²) in [5.74, 6) is 0.971. The van der Waals surface area contributed by atoms with Crippen LogP contribution in [-0.4, -0.2) is 54.3 Å². The van der Waals surface area contributed by atoms with Crippen LogP contribution in [0.2, 0.25) is 0 Å². The molecule has 0 aliphatic carbocycles. The van der Waals surface area contributed by atoms with Gasteiger partial charge in [0.15, 0.2) is 0 Å². The highest BCUT2D eigenvalue weighted by Crippen LogP contribution is 2.07. The second-order valence-electron chi connectivity index (χ2n) is 4.37. The number of hydrogen-bond acceptors (Lipinski definition) is 2. The fourth-order valence-electron chi connectivity index (χ4n) is 2.07. The lowest BCUT2D eigenvalue weighted by Crippen LogP contribution is -2.48. The topological polar surface area (TPSA) is 23.6 Å². The minimum absolute atomic E-state index is 0.307. The molecule has 0 atom stereocenters. The Labute approximate surface area is 104 Å². The molecule has 0 radical (unpaired) electrons. The molecule has 0 saturated carbocycles. The molecule has 0 N–H and O–H groups in total. The summed E-state index contributed by atoms with van der Waals surface area (Å²) < 4.78 is 0. The Balaban J connectivity index is 2.17. The minimum atomic E-state index is 0.307. The monoisotopic (exact) mass is 246 g/mol. The number of rotatable bonds is 6. The Morgan fingerprint density at radius 2 is 1.88 bits per heavy atom. The lowest BCUT2D eigenvalue weighted by atomic mass is 10.2. The summed E-state index contributed by atoms with van der Waals surface area (Å²) in [6, 6.07) is 0. The van der Waals surface area contributed by atoms with Crippen molar-refractivity contribution in [2.24, 2.45) is 0 Å². The van der Waals surface area contributed by atoms with Crippen molar-refractivity contribution >= 4 is 17.5 Å². The van der Waals surface area contributed by atoms with Crippen molar-refractivity contribution in [3.8, 4) is 0 Å².